The Kier molecular flexibility index (Phi) is 4.52. The molecule has 1 aromatic carbocycles. The summed E-state index contributed by atoms with van der Waals surface area (Å²) in [6, 6.07) is 5.00. The molecule has 6 nitrogen and oxygen atoms in total. The number of piperidine rings is 1. The van der Waals surface area contributed by atoms with Crippen LogP contribution >= 0.6 is 0 Å². The zero-order valence-corrected chi connectivity index (χ0v) is 12.6. The Balaban J connectivity index is 2.33. The number of nitrogens with zero attached hydrogens (tertiary/aromatic N) is 1. The molecule has 0 amide bonds. The van der Waals surface area contributed by atoms with Crippen molar-refractivity contribution in [1.29, 1.82) is 0 Å². The maximum Gasteiger partial charge on any atom is 0.242 e. The minimum Gasteiger partial charge on any atom is -0.399 e. The molecule has 1 heterocycles. The first-order chi connectivity index (χ1) is 9.47. The van der Waals surface area contributed by atoms with Crippen LogP contribution in [0.2, 0.25) is 0 Å². The Morgan fingerprint density at radius 2 is 2.00 bits per heavy atom. The molecule has 0 atom stereocenters. The molecule has 20 heavy (non-hydrogen) atoms. The highest BCUT2D eigenvalue weighted by molar-refractivity contribution is 7.89. The van der Waals surface area contributed by atoms with Crippen molar-refractivity contribution in [1.82, 2.24) is 4.72 Å². The molecule has 0 aromatic heterocycles. The molecular formula is C13H21N3O3S. The lowest BCUT2D eigenvalue weighted by atomic mass is 10.1. The number of nitrogens with two attached hydrogens (primary N) is 1. The molecule has 0 aliphatic carbocycles. The van der Waals surface area contributed by atoms with Crippen LogP contribution in [0.3, 0.4) is 0 Å². The van der Waals surface area contributed by atoms with E-state index in [4.69, 9.17) is 10.5 Å². The molecule has 112 valence electrons. The second kappa shape index (κ2) is 5.99. The Morgan fingerprint density at radius 3 is 2.55 bits per heavy atom. The third-order valence-corrected chi connectivity index (χ3v) is 5.10. The van der Waals surface area contributed by atoms with Crippen LogP contribution in [0.15, 0.2) is 23.1 Å². The van der Waals surface area contributed by atoms with Gasteiger partial charge in [-0.25, -0.2) is 13.1 Å². The van der Waals surface area contributed by atoms with Crippen LogP contribution in [0.1, 0.15) is 12.8 Å². The van der Waals surface area contributed by atoms with E-state index in [1.54, 1.807) is 19.2 Å². The number of nitrogen functional groups attached to an aromatic ring is 1. The monoisotopic (exact) mass is 299 g/mol. The van der Waals surface area contributed by atoms with Gasteiger partial charge in [0.1, 0.15) is 4.90 Å². The molecule has 0 spiro atoms. The molecule has 7 heteroatoms. The molecule has 2 rings (SSSR count). The van der Waals surface area contributed by atoms with Gasteiger partial charge in [-0.2, -0.15) is 0 Å². The van der Waals surface area contributed by atoms with E-state index in [9.17, 15) is 8.42 Å². The fourth-order valence-electron chi connectivity index (χ4n) is 2.45. The topological polar surface area (TPSA) is 84.7 Å². The SMILES string of the molecule is CNS(=O)(=O)c1cc(N)ccc1N1CCC(OC)CC1. The van der Waals surface area contributed by atoms with Crippen molar-refractivity contribution in [2.45, 2.75) is 23.8 Å². The molecule has 0 radical (unpaired) electrons. The summed E-state index contributed by atoms with van der Waals surface area (Å²) in [6.45, 7) is 1.54. The molecule has 1 aliphatic rings. The Morgan fingerprint density at radius 1 is 1.35 bits per heavy atom. The maximum atomic E-state index is 12.1. The first kappa shape index (κ1) is 15.1. The van der Waals surface area contributed by atoms with Gasteiger partial charge in [0.2, 0.25) is 10.0 Å². The molecule has 1 aromatic rings. The van der Waals surface area contributed by atoms with Crippen LogP contribution < -0.4 is 15.4 Å². The molecule has 0 bridgehead atoms. The minimum atomic E-state index is -3.52. The van der Waals surface area contributed by atoms with Crippen molar-refractivity contribution in [3.05, 3.63) is 18.2 Å². The summed E-state index contributed by atoms with van der Waals surface area (Å²) in [5.41, 5.74) is 6.86. The van der Waals surface area contributed by atoms with E-state index in [1.807, 2.05) is 0 Å². The highest BCUT2D eigenvalue weighted by Crippen LogP contribution is 2.29. The van der Waals surface area contributed by atoms with Crippen molar-refractivity contribution in [3.8, 4) is 0 Å². The number of sulfonamides is 1. The highest BCUT2D eigenvalue weighted by atomic mass is 32.2. The number of rotatable bonds is 4. The third-order valence-electron chi connectivity index (χ3n) is 3.66. The summed E-state index contributed by atoms with van der Waals surface area (Å²) in [7, 11) is -0.412. The van der Waals surface area contributed by atoms with Gasteiger partial charge in [0.25, 0.3) is 0 Å². The fraction of sp³-hybridized carbons (Fsp3) is 0.538. The molecule has 1 saturated heterocycles. The van der Waals surface area contributed by atoms with E-state index < -0.39 is 10.0 Å². The van der Waals surface area contributed by atoms with Gasteiger partial charge in [-0.15, -0.1) is 0 Å². The number of benzene rings is 1. The van der Waals surface area contributed by atoms with Gasteiger partial charge in [0.15, 0.2) is 0 Å². The van der Waals surface area contributed by atoms with Crippen molar-refractivity contribution < 1.29 is 13.2 Å². The van der Waals surface area contributed by atoms with Crippen molar-refractivity contribution in [3.63, 3.8) is 0 Å². The predicted octanol–water partition coefficient (Wildman–Crippen LogP) is 0.792. The number of hydrogen-bond acceptors (Lipinski definition) is 5. The van der Waals surface area contributed by atoms with Gasteiger partial charge in [-0.05, 0) is 38.1 Å². The summed E-state index contributed by atoms with van der Waals surface area (Å²) in [4.78, 5) is 2.30. The molecule has 0 unspecified atom stereocenters. The smallest absolute Gasteiger partial charge is 0.242 e. The number of hydrogen-bond donors (Lipinski definition) is 2. The number of ether oxygens (including phenoxy) is 1. The predicted molar refractivity (Wildman–Crippen MR) is 79.3 cm³/mol. The van der Waals surface area contributed by atoms with Crippen LogP contribution in [0.25, 0.3) is 0 Å². The van der Waals surface area contributed by atoms with Gasteiger partial charge >= 0.3 is 0 Å². The molecule has 1 aliphatic heterocycles. The van der Waals surface area contributed by atoms with E-state index in [0.29, 0.717) is 11.4 Å². The average Bonchev–Trinajstić information content (AvgIpc) is 2.47. The lowest BCUT2D eigenvalue weighted by Crippen LogP contribution is -2.37. The lowest BCUT2D eigenvalue weighted by Gasteiger charge is -2.34. The van der Waals surface area contributed by atoms with Crippen molar-refractivity contribution in [2.75, 3.05) is 37.9 Å². The summed E-state index contributed by atoms with van der Waals surface area (Å²) in [6.07, 6.45) is 2.03. The van der Waals surface area contributed by atoms with Gasteiger partial charge in [0, 0.05) is 25.9 Å². The Hall–Kier alpha value is -1.31. The van der Waals surface area contributed by atoms with Gasteiger partial charge < -0.3 is 15.4 Å². The van der Waals surface area contributed by atoms with Crippen molar-refractivity contribution in [2.24, 2.45) is 0 Å². The average molecular weight is 299 g/mol. The van der Waals surface area contributed by atoms with E-state index in [1.165, 1.54) is 13.1 Å². The zero-order chi connectivity index (χ0) is 14.8. The standard InChI is InChI=1S/C13H21N3O3S/c1-15-20(17,18)13-9-10(14)3-4-12(13)16-7-5-11(19-2)6-8-16/h3-4,9,11,15H,5-8,14H2,1-2H3. The number of anilines is 2. The highest BCUT2D eigenvalue weighted by Gasteiger charge is 2.25. The van der Waals surface area contributed by atoms with Crippen LogP contribution in [-0.4, -0.2) is 41.8 Å². The van der Waals surface area contributed by atoms with Gasteiger partial charge in [-0.3, -0.25) is 0 Å². The van der Waals surface area contributed by atoms with Crippen LogP contribution in [-0.2, 0) is 14.8 Å². The lowest BCUT2D eigenvalue weighted by molar-refractivity contribution is 0.0818. The Labute approximate surface area is 120 Å². The second-order valence-corrected chi connectivity index (χ2v) is 6.71. The van der Waals surface area contributed by atoms with Crippen LogP contribution in [0.4, 0.5) is 11.4 Å². The van der Waals surface area contributed by atoms with E-state index in [-0.39, 0.29) is 11.0 Å². The normalized spacial score (nSPS) is 17.4. The van der Waals surface area contributed by atoms with Gasteiger partial charge in [0.05, 0.1) is 11.8 Å². The summed E-state index contributed by atoms with van der Waals surface area (Å²) in [5.74, 6) is 0. The number of methoxy groups -OCH3 is 1. The largest absolute Gasteiger partial charge is 0.399 e. The Bertz CT molecular complexity index is 566. The number of nitrogens with one attached hydrogen (secondary N) is 1. The van der Waals surface area contributed by atoms with E-state index in [2.05, 4.69) is 9.62 Å². The van der Waals surface area contributed by atoms with Gasteiger partial charge in [-0.1, -0.05) is 0 Å². The quantitative estimate of drug-likeness (QED) is 0.803. The zero-order valence-electron chi connectivity index (χ0n) is 11.8. The maximum absolute atomic E-state index is 12.1. The second-order valence-electron chi connectivity index (χ2n) is 4.86. The van der Waals surface area contributed by atoms with E-state index in [0.717, 1.165) is 25.9 Å². The van der Waals surface area contributed by atoms with Crippen LogP contribution in [0.5, 0.6) is 0 Å². The minimum absolute atomic E-state index is 0.232. The third kappa shape index (κ3) is 3.05. The summed E-state index contributed by atoms with van der Waals surface area (Å²) >= 11 is 0. The first-order valence-corrected chi connectivity index (χ1v) is 8.07. The molecule has 3 N–H and O–H groups in total. The summed E-state index contributed by atoms with van der Waals surface area (Å²) in [5, 5.41) is 0. The molecular weight excluding hydrogens is 278 g/mol. The first-order valence-electron chi connectivity index (χ1n) is 6.58. The molecule has 0 saturated carbocycles. The summed E-state index contributed by atoms with van der Waals surface area (Å²) < 4.78 is 31.9. The fourth-order valence-corrected chi connectivity index (χ4v) is 3.43. The van der Waals surface area contributed by atoms with Crippen molar-refractivity contribution >= 4 is 21.4 Å². The van der Waals surface area contributed by atoms with Crippen LogP contribution in [0, 0.1) is 0 Å². The molecule has 1 fully saturated rings. The van der Waals surface area contributed by atoms with E-state index >= 15 is 0 Å².